The van der Waals surface area contributed by atoms with Gasteiger partial charge in [-0.3, -0.25) is 0 Å². The number of hydrogen-bond donors (Lipinski definition) is 0. The molecule has 0 aliphatic carbocycles. The zero-order chi connectivity index (χ0) is 36.6. The lowest BCUT2D eigenvalue weighted by Gasteiger charge is -2.29. The normalized spacial score (nSPS) is 11.3. The summed E-state index contributed by atoms with van der Waals surface area (Å²) in [7, 11) is 0. The molecule has 0 saturated heterocycles. The first-order valence-corrected chi connectivity index (χ1v) is 19.4. The fraction of sp³-hybridized carbons (Fsp3) is 0. The van der Waals surface area contributed by atoms with E-state index in [4.69, 9.17) is 4.98 Å². The largest absolute Gasteiger partial charge is 0.310 e. The summed E-state index contributed by atoms with van der Waals surface area (Å²) < 4.78 is 1.23. The summed E-state index contributed by atoms with van der Waals surface area (Å²) in [6.07, 6.45) is 0. The molecule has 260 valence electrons. The standard InChI is InChI=1S/C51H35N3S/c1-4-15-36(16-5-1)37-27-31-41(32-28-37)53(39-17-6-2-7-18-39)43-21-14-22-44(35-43)54(40-19-8-3-9-20-40)42-33-29-38(30-34-42)51-52-49-47-25-12-10-23-45(47)46-24-11-13-26-48(46)50(49)55-51/h1-35H. The number of fused-ring (bicyclic) bond motifs is 6. The Morgan fingerprint density at radius 1 is 0.309 bits per heavy atom. The van der Waals surface area contributed by atoms with E-state index >= 15 is 0 Å². The minimum Gasteiger partial charge on any atom is -0.310 e. The number of thiazole rings is 1. The van der Waals surface area contributed by atoms with E-state index in [0.29, 0.717) is 0 Å². The summed E-state index contributed by atoms with van der Waals surface area (Å²) >= 11 is 1.77. The Balaban J connectivity index is 1.05. The van der Waals surface area contributed by atoms with Gasteiger partial charge >= 0.3 is 0 Å². The molecule has 0 amide bonds. The van der Waals surface area contributed by atoms with Crippen molar-refractivity contribution in [2.24, 2.45) is 0 Å². The summed E-state index contributed by atoms with van der Waals surface area (Å²) in [6.45, 7) is 0. The minimum atomic E-state index is 1.02. The molecular formula is C51H35N3S. The average Bonchev–Trinajstić information content (AvgIpc) is 3.72. The van der Waals surface area contributed by atoms with E-state index in [0.717, 1.165) is 50.2 Å². The van der Waals surface area contributed by atoms with Gasteiger partial charge in [-0.25, -0.2) is 4.98 Å². The van der Waals surface area contributed by atoms with Crippen molar-refractivity contribution in [3.63, 3.8) is 0 Å². The summed E-state index contributed by atoms with van der Waals surface area (Å²) in [5, 5.41) is 5.99. The van der Waals surface area contributed by atoms with Crippen molar-refractivity contribution in [2.45, 2.75) is 0 Å². The van der Waals surface area contributed by atoms with Crippen molar-refractivity contribution in [2.75, 3.05) is 9.80 Å². The van der Waals surface area contributed by atoms with E-state index in [1.807, 2.05) is 0 Å². The highest BCUT2D eigenvalue weighted by molar-refractivity contribution is 7.22. The highest BCUT2D eigenvalue weighted by atomic mass is 32.1. The van der Waals surface area contributed by atoms with E-state index < -0.39 is 0 Å². The molecule has 0 aliphatic heterocycles. The van der Waals surface area contributed by atoms with E-state index in [1.54, 1.807) is 11.3 Å². The molecule has 0 unspecified atom stereocenters. The van der Waals surface area contributed by atoms with Crippen LogP contribution in [0.25, 0.3) is 53.5 Å². The van der Waals surface area contributed by atoms with Crippen LogP contribution in [0.1, 0.15) is 0 Å². The Morgan fingerprint density at radius 2 is 0.709 bits per heavy atom. The molecule has 0 radical (unpaired) electrons. The van der Waals surface area contributed by atoms with Crippen LogP contribution in [0, 0.1) is 0 Å². The number of para-hydroxylation sites is 2. The molecule has 0 aliphatic rings. The molecule has 0 N–H and O–H groups in total. The Hall–Kier alpha value is -7.01. The van der Waals surface area contributed by atoms with Gasteiger partial charge in [0.1, 0.15) is 5.01 Å². The van der Waals surface area contributed by atoms with E-state index in [-0.39, 0.29) is 0 Å². The fourth-order valence-corrected chi connectivity index (χ4v) is 8.78. The lowest BCUT2D eigenvalue weighted by molar-refractivity contribution is 1.25. The molecule has 1 aromatic heterocycles. The smallest absolute Gasteiger partial charge is 0.124 e. The Bertz CT molecular complexity index is 2830. The molecule has 4 heteroatoms. The van der Waals surface area contributed by atoms with Crippen LogP contribution < -0.4 is 9.80 Å². The van der Waals surface area contributed by atoms with Gasteiger partial charge in [-0.05, 0) is 101 Å². The molecule has 1 heterocycles. The molecule has 3 nitrogen and oxygen atoms in total. The zero-order valence-corrected chi connectivity index (χ0v) is 30.8. The molecule has 0 spiro atoms. The Morgan fingerprint density at radius 3 is 1.27 bits per heavy atom. The zero-order valence-electron chi connectivity index (χ0n) is 30.0. The maximum atomic E-state index is 5.26. The maximum Gasteiger partial charge on any atom is 0.124 e. The molecule has 0 bridgehead atoms. The van der Waals surface area contributed by atoms with Crippen LogP contribution >= 0.6 is 11.3 Å². The van der Waals surface area contributed by atoms with Gasteiger partial charge in [0.15, 0.2) is 0 Å². The van der Waals surface area contributed by atoms with Gasteiger partial charge in [0.05, 0.1) is 10.2 Å². The fourth-order valence-electron chi connectivity index (χ4n) is 7.66. The van der Waals surface area contributed by atoms with Crippen LogP contribution in [-0.4, -0.2) is 4.98 Å². The molecular weight excluding hydrogens is 687 g/mol. The summed E-state index contributed by atoms with van der Waals surface area (Å²) in [6, 6.07) is 75.5. The quantitative estimate of drug-likeness (QED) is 0.146. The number of aromatic nitrogens is 1. The number of benzene rings is 9. The monoisotopic (exact) mass is 721 g/mol. The van der Waals surface area contributed by atoms with Crippen LogP contribution in [0.4, 0.5) is 34.1 Å². The number of hydrogen-bond acceptors (Lipinski definition) is 4. The lowest BCUT2D eigenvalue weighted by atomic mass is 10.0. The third kappa shape index (κ3) is 6.09. The van der Waals surface area contributed by atoms with Gasteiger partial charge in [-0.2, -0.15) is 0 Å². The second-order valence-corrected chi connectivity index (χ2v) is 14.6. The van der Waals surface area contributed by atoms with Crippen molar-refractivity contribution in [3.8, 4) is 21.7 Å². The van der Waals surface area contributed by atoms with Gasteiger partial charge in [-0.1, -0.05) is 133 Å². The lowest BCUT2D eigenvalue weighted by Crippen LogP contribution is -2.13. The van der Waals surface area contributed by atoms with Crippen LogP contribution in [0.2, 0.25) is 0 Å². The average molecular weight is 722 g/mol. The van der Waals surface area contributed by atoms with Crippen LogP contribution in [0.3, 0.4) is 0 Å². The Labute approximate surface area is 324 Å². The van der Waals surface area contributed by atoms with Gasteiger partial charge in [0.25, 0.3) is 0 Å². The SMILES string of the molecule is c1ccc(-c2ccc(N(c3ccccc3)c3cccc(N(c4ccccc4)c4ccc(-c5nc6c7ccccc7c7ccccc7c6s5)cc4)c3)cc2)cc1. The molecule has 55 heavy (non-hydrogen) atoms. The Kier molecular flexibility index (Phi) is 8.36. The molecule has 10 aromatic rings. The number of nitrogens with zero attached hydrogens (tertiary/aromatic N) is 3. The van der Waals surface area contributed by atoms with Crippen LogP contribution in [-0.2, 0) is 0 Å². The molecule has 9 aromatic carbocycles. The second-order valence-electron chi connectivity index (χ2n) is 13.6. The van der Waals surface area contributed by atoms with Crippen molar-refractivity contribution in [1.29, 1.82) is 0 Å². The molecule has 0 saturated carbocycles. The molecule has 0 atom stereocenters. The molecule has 0 fully saturated rings. The van der Waals surface area contributed by atoms with Crippen molar-refractivity contribution in [1.82, 2.24) is 4.98 Å². The predicted octanol–water partition coefficient (Wildman–Crippen LogP) is 14.9. The third-order valence-corrected chi connectivity index (χ3v) is 11.4. The van der Waals surface area contributed by atoms with E-state index in [1.165, 1.54) is 37.4 Å². The van der Waals surface area contributed by atoms with Crippen molar-refractivity contribution >= 4 is 77.2 Å². The number of rotatable bonds is 8. The third-order valence-electron chi connectivity index (χ3n) is 10.3. The van der Waals surface area contributed by atoms with Gasteiger partial charge < -0.3 is 9.80 Å². The first-order chi connectivity index (χ1) is 27.3. The first-order valence-electron chi connectivity index (χ1n) is 18.5. The van der Waals surface area contributed by atoms with Crippen LogP contribution in [0.5, 0.6) is 0 Å². The van der Waals surface area contributed by atoms with Crippen molar-refractivity contribution < 1.29 is 0 Å². The molecule has 10 rings (SSSR count). The van der Waals surface area contributed by atoms with E-state index in [9.17, 15) is 0 Å². The summed E-state index contributed by atoms with van der Waals surface area (Å²) in [4.78, 5) is 9.91. The highest BCUT2D eigenvalue weighted by Gasteiger charge is 2.19. The topological polar surface area (TPSA) is 19.4 Å². The number of anilines is 6. The minimum absolute atomic E-state index is 1.02. The van der Waals surface area contributed by atoms with Gasteiger partial charge in [0, 0.05) is 50.5 Å². The summed E-state index contributed by atoms with van der Waals surface area (Å²) in [5.41, 5.74) is 11.1. The van der Waals surface area contributed by atoms with Gasteiger partial charge in [-0.15, -0.1) is 11.3 Å². The van der Waals surface area contributed by atoms with Gasteiger partial charge in [0.2, 0.25) is 0 Å². The summed E-state index contributed by atoms with van der Waals surface area (Å²) in [5.74, 6) is 0. The van der Waals surface area contributed by atoms with Crippen LogP contribution in [0.15, 0.2) is 212 Å². The van der Waals surface area contributed by atoms with E-state index in [2.05, 4.69) is 222 Å². The first kappa shape index (κ1) is 32.6. The second kappa shape index (κ2) is 14.1. The highest BCUT2D eigenvalue weighted by Crippen LogP contribution is 2.43. The predicted molar refractivity (Wildman–Crippen MR) is 235 cm³/mol. The van der Waals surface area contributed by atoms with Crippen molar-refractivity contribution in [3.05, 3.63) is 212 Å². The maximum absolute atomic E-state index is 5.26.